The summed E-state index contributed by atoms with van der Waals surface area (Å²) in [6.07, 6.45) is 0.246. The maximum atomic E-state index is 10.7. The van der Waals surface area contributed by atoms with Gasteiger partial charge in [0.15, 0.2) is 6.29 Å². The summed E-state index contributed by atoms with van der Waals surface area (Å²) in [5, 5.41) is 10.7. The summed E-state index contributed by atoms with van der Waals surface area (Å²) in [6, 6.07) is 1.10. The Morgan fingerprint density at radius 1 is 0.950 bits per heavy atom. The lowest BCUT2D eigenvalue weighted by molar-refractivity contribution is -0.210. The van der Waals surface area contributed by atoms with Gasteiger partial charge in [-0.25, -0.2) is 0 Å². The van der Waals surface area contributed by atoms with Crippen LogP contribution in [0, 0.1) is 16.2 Å². The van der Waals surface area contributed by atoms with Gasteiger partial charge in [-0.3, -0.25) is 0 Å². The van der Waals surface area contributed by atoms with Crippen LogP contribution in [0.1, 0.15) is 54.9 Å². The Kier molecular flexibility index (Phi) is 6.54. The first-order chi connectivity index (χ1) is 8.58. The van der Waals surface area contributed by atoms with Gasteiger partial charge in [-0.2, -0.15) is 0 Å². The van der Waals surface area contributed by atoms with Crippen LogP contribution >= 0.6 is 0 Å². The number of rotatable bonds is 6. The van der Waals surface area contributed by atoms with Crippen molar-refractivity contribution in [2.45, 2.75) is 86.9 Å². The fraction of sp³-hybridized carbons (Fsp3) is 1.00. The highest BCUT2D eigenvalue weighted by Crippen LogP contribution is 2.49. The summed E-state index contributed by atoms with van der Waals surface area (Å²) >= 11 is 0. The third kappa shape index (κ3) is 6.73. The first kappa shape index (κ1) is 20.1. The number of ether oxygens (including phenoxy) is 1. The molecule has 0 rings (SSSR count). The molecule has 2 atom stereocenters. The van der Waals surface area contributed by atoms with Crippen molar-refractivity contribution in [1.29, 1.82) is 0 Å². The van der Waals surface area contributed by atoms with Crippen LogP contribution in [-0.2, 0) is 4.74 Å². The molecule has 0 saturated heterocycles. The molecule has 0 aromatic rings. The molecule has 0 aliphatic heterocycles. The first-order valence-corrected chi connectivity index (χ1v) is 11.6. The molecule has 0 amide bonds. The van der Waals surface area contributed by atoms with Crippen LogP contribution in [0.4, 0.5) is 0 Å². The van der Waals surface area contributed by atoms with Crippen molar-refractivity contribution in [3.63, 3.8) is 0 Å². The highest BCUT2D eigenvalue weighted by Gasteiger charge is 2.46. The minimum atomic E-state index is -1.11. The molecule has 122 valence electrons. The second-order valence-electron chi connectivity index (χ2n) is 9.94. The Morgan fingerprint density at radius 3 is 1.70 bits per heavy atom. The second-order valence-corrected chi connectivity index (χ2v) is 15.6. The number of aliphatic hydroxyl groups excluding tert-OH is 1. The molecule has 0 radical (unpaired) electrons. The summed E-state index contributed by atoms with van der Waals surface area (Å²) in [5.41, 5.74) is -0.0747. The SMILES string of the molecule is CC(C)(C)CC(C)(C(O)OCC[Si](C)(C)C)C(C)(C)C. The van der Waals surface area contributed by atoms with E-state index in [-0.39, 0.29) is 16.2 Å². The monoisotopic (exact) mass is 302 g/mol. The van der Waals surface area contributed by atoms with Gasteiger partial charge in [0.2, 0.25) is 0 Å². The van der Waals surface area contributed by atoms with Gasteiger partial charge in [0.25, 0.3) is 0 Å². The maximum absolute atomic E-state index is 10.7. The molecule has 0 aromatic heterocycles. The molecule has 0 aliphatic carbocycles. The Balaban J connectivity index is 4.88. The molecule has 1 N–H and O–H groups in total. The van der Waals surface area contributed by atoms with Crippen LogP contribution in [0.15, 0.2) is 0 Å². The predicted molar refractivity (Wildman–Crippen MR) is 91.7 cm³/mol. The van der Waals surface area contributed by atoms with Crippen LogP contribution in [0.3, 0.4) is 0 Å². The summed E-state index contributed by atoms with van der Waals surface area (Å²) in [6.45, 7) is 23.1. The minimum absolute atomic E-state index is 0.00113. The van der Waals surface area contributed by atoms with Gasteiger partial charge in [-0.15, -0.1) is 0 Å². The van der Waals surface area contributed by atoms with Crippen LogP contribution in [0.2, 0.25) is 25.7 Å². The largest absolute Gasteiger partial charge is 0.367 e. The lowest BCUT2D eigenvalue weighted by Gasteiger charge is -2.48. The predicted octanol–water partition coefficient (Wildman–Crippen LogP) is 5.15. The van der Waals surface area contributed by atoms with Crippen molar-refractivity contribution in [2.75, 3.05) is 6.61 Å². The van der Waals surface area contributed by atoms with E-state index in [0.717, 1.165) is 12.5 Å². The van der Waals surface area contributed by atoms with Crippen molar-refractivity contribution in [3.8, 4) is 0 Å². The Hall–Kier alpha value is 0.137. The molecule has 3 heteroatoms. The van der Waals surface area contributed by atoms with E-state index in [1.807, 2.05) is 0 Å². The molecular weight excluding hydrogens is 264 g/mol. The first-order valence-electron chi connectivity index (χ1n) is 7.88. The second kappa shape index (κ2) is 6.49. The average molecular weight is 303 g/mol. The van der Waals surface area contributed by atoms with Gasteiger partial charge >= 0.3 is 0 Å². The van der Waals surface area contributed by atoms with E-state index in [1.165, 1.54) is 0 Å². The normalized spacial score (nSPS) is 18.8. The molecule has 0 fully saturated rings. The fourth-order valence-electron chi connectivity index (χ4n) is 2.49. The molecule has 0 heterocycles. The molecule has 0 bridgehead atoms. The quantitative estimate of drug-likeness (QED) is 0.543. The van der Waals surface area contributed by atoms with E-state index < -0.39 is 14.4 Å². The topological polar surface area (TPSA) is 29.5 Å². The molecule has 2 unspecified atom stereocenters. The zero-order chi connectivity index (χ0) is 16.4. The third-order valence-electron chi connectivity index (χ3n) is 4.28. The Morgan fingerprint density at radius 2 is 1.40 bits per heavy atom. The van der Waals surface area contributed by atoms with Gasteiger partial charge in [0.1, 0.15) is 0 Å². The highest BCUT2D eigenvalue weighted by atomic mass is 28.3. The summed E-state index contributed by atoms with van der Waals surface area (Å²) < 4.78 is 5.85. The van der Waals surface area contributed by atoms with Crippen LogP contribution in [-0.4, -0.2) is 26.1 Å². The van der Waals surface area contributed by atoms with Crippen molar-refractivity contribution in [1.82, 2.24) is 0 Å². The Bertz CT molecular complexity index is 294. The van der Waals surface area contributed by atoms with E-state index >= 15 is 0 Å². The smallest absolute Gasteiger partial charge is 0.160 e. The van der Waals surface area contributed by atoms with Gasteiger partial charge in [-0.05, 0) is 23.3 Å². The van der Waals surface area contributed by atoms with E-state index in [2.05, 4.69) is 68.1 Å². The number of hydrogen-bond donors (Lipinski definition) is 1. The third-order valence-corrected chi connectivity index (χ3v) is 5.99. The zero-order valence-corrected chi connectivity index (χ0v) is 16.6. The molecule has 2 nitrogen and oxygen atoms in total. The standard InChI is InChI=1S/C17H38O2Si/c1-15(2,3)13-17(7,16(4,5)6)14(18)19-11-12-20(8,9)10/h14,18H,11-13H2,1-10H3. The molecule has 0 saturated carbocycles. The van der Waals surface area contributed by atoms with Crippen LogP contribution in [0.25, 0.3) is 0 Å². The minimum Gasteiger partial charge on any atom is -0.367 e. The maximum Gasteiger partial charge on any atom is 0.160 e. The summed E-state index contributed by atoms with van der Waals surface area (Å²) in [5.74, 6) is 0. The molecule has 0 spiro atoms. The van der Waals surface area contributed by atoms with Gasteiger partial charge in [0.05, 0.1) is 0 Å². The van der Waals surface area contributed by atoms with Gasteiger partial charge < -0.3 is 9.84 Å². The van der Waals surface area contributed by atoms with Crippen molar-refractivity contribution < 1.29 is 9.84 Å². The number of hydrogen-bond acceptors (Lipinski definition) is 2. The van der Waals surface area contributed by atoms with Crippen molar-refractivity contribution >= 4 is 8.07 Å². The highest BCUT2D eigenvalue weighted by molar-refractivity contribution is 6.76. The summed E-state index contributed by atoms with van der Waals surface area (Å²) in [7, 11) is -1.11. The van der Waals surface area contributed by atoms with E-state index in [9.17, 15) is 5.11 Å². The lowest BCUT2D eigenvalue weighted by atomic mass is 9.61. The molecular formula is C17H38O2Si. The van der Waals surface area contributed by atoms with Gasteiger partial charge in [0, 0.05) is 20.1 Å². The molecule has 20 heavy (non-hydrogen) atoms. The fourth-order valence-corrected chi connectivity index (χ4v) is 3.22. The van der Waals surface area contributed by atoms with Crippen molar-refractivity contribution in [2.24, 2.45) is 16.2 Å². The van der Waals surface area contributed by atoms with E-state index in [4.69, 9.17) is 4.74 Å². The zero-order valence-electron chi connectivity index (χ0n) is 15.6. The average Bonchev–Trinajstić information content (AvgIpc) is 2.10. The van der Waals surface area contributed by atoms with E-state index in [0.29, 0.717) is 6.61 Å². The van der Waals surface area contributed by atoms with E-state index in [1.54, 1.807) is 0 Å². The molecule has 0 aliphatic rings. The van der Waals surface area contributed by atoms with Crippen LogP contribution in [0.5, 0.6) is 0 Å². The number of aliphatic hydroxyl groups is 1. The summed E-state index contributed by atoms with van der Waals surface area (Å²) in [4.78, 5) is 0. The van der Waals surface area contributed by atoms with Gasteiger partial charge in [-0.1, -0.05) is 68.1 Å². The Labute approximate surface area is 128 Å². The van der Waals surface area contributed by atoms with Crippen molar-refractivity contribution in [3.05, 3.63) is 0 Å². The van der Waals surface area contributed by atoms with Crippen LogP contribution < -0.4 is 0 Å². The molecule has 0 aromatic carbocycles. The lowest BCUT2D eigenvalue weighted by Crippen LogP contribution is -2.47.